The number of hydrogen-bond donors (Lipinski definition) is 1. The zero-order valence-corrected chi connectivity index (χ0v) is 13.7. The van der Waals surface area contributed by atoms with E-state index in [-0.39, 0.29) is 11.8 Å². The van der Waals surface area contributed by atoms with Crippen LogP contribution in [0.3, 0.4) is 0 Å². The van der Waals surface area contributed by atoms with Gasteiger partial charge in [-0.2, -0.15) is 13.2 Å². The molecule has 0 saturated carbocycles. The van der Waals surface area contributed by atoms with E-state index in [4.69, 9.17) is 0 Å². The van der Waals surface area contributed by atoms with Gasteiger partial charge in [0, 0.05) is 19.1 Å². The largest absolute Gasteiger partial charge is 0.427 e. The van der Waals surface area contributed by atoms with Gasteiger partial charge in [0.05, 0.1) is 11.9 Å². The van der Waals surface area contributed by atoms with Gasteiger partial charge in [-0.3, -0.25) is 0 Å². The number of rotatable bonds is 5. The van der Waals surface area contributed by atoms with E-state index in [0.717, 1.165) is 6.20 Å². The molecular weight excluding hydrogens is 339 g/mol. The third kappa shape index (κ3) is 4.56. The summed E-state index contributed by atoms with van der Waals surface area (Å²) in [5.74, 6) is 0.0919. The van der Waals surface area contributed by atoms with Gasteiger partial charge in [-0.25, -0.2) is 18.1 Å². The Hall–Kier alpha value is -0.870. The van der Waals surface area contributed by atoms with Crippen LogP contribution in [0.4, 0.5) is 18.3 Å². The monoisotopic (exact) mass is 357 g/mol. The summed E-state index contributed by atoms with van der Waals surface area (Å²) in [4.78, 5) is 4.87. The molecule has 1 aliphatic rings. The Morgan fingerprint density at radius 3 is 2.55 bits per heavy atom. The fourth-order valence-electron chi connectivity index (χ4n) is 2.31. The lowest BCUT2D eigenvalue weighted by Gasteiger charge is -2.31. The maximum absolute atomic E-state index is 12.6. The summed E-state index contributed by atoms with van der Waals surface area (Å²) in [6.45, 7) is 2.77. The van der Waals surface area contributed by atoms with Crippen LogP contribution in [0.5, 0.6) is 0 Å². The second-order valence-corrected chi connectivity index (χ2v) is 8.09. The molecule has 0 aliphatic carbocycles. The van der Waals surface area contributed by atoms with Gasteiger partial charge in [-0.05, 0) is 19.3 Å². The zero-order valence-electron chi connectivity index (χ0n) is 12.1. The van der Waals surface area contributed by atoms with Crippen molar-refractivity contribution in [1.29, 1.82) is 0 Å². The van der Waals surface area contributed by atoms with E-state index in [1.807, 2.05) is 0 Å². The van der Waals surface area contributed by atoms with Gasteiger partial charge >= 0.3 is 6.18 Å². The third-order valence-electron chi connectivity index (χ3n) is 3.36. The fourth-order valence-corrected chi connectivity index (χ4v) is 4.55. The molecule has 5 nitrogen and oxygen atoms in total. The Labute approximate surface area is 131 Å². The number of hydrogen-bond acceptors (Lipinski definition) is 5. The highest BCUT2D eigenvalue weighted by Crippen LogP contribution is 2.36. The van der Waals surface area contributed by atoms with Crippen LogP contribution in [-0.2, 0) is 16.2 Å². The number of nitrogens with zero attached hydrogens (tertiary/aromatic N) is 2. The Kier molecular flexibility index (Phi) is 5.33. The fraction of sp³-hybridized carbons (Fsp3) is 0.750. The summed E-state index contributed by atoms with van der Waals surface area (Å²) in [5, 5.41) is 0.335. The van der Waals surface area contributed by atoms with Crippen molar-refractivity contribution in [2.24, 2.45) is 0 Å². The van der Waals surface area contributed by atoms with Crippen molar-refractivity contribution in [2.45, 2.75) is 38.4 Å². The molecule has 0 unspecified atom stereocenters. The molecule has 0 spiro atoms. The number of halogens is 3. The summed E-state index contributed by atoms with van der Waals surface area (Å²) < 4.78 is 63.7. The van der Waals surface area contributed by atoms with E-state index in [9.17, 15) is 21.6 Å². The number of sulfonamides is 1. The summed E-state index contributed by atoms with van der Waals surface area (Å²) in [6.07, 6.45) is -1.86. The van der Waals surface area contributed by atoms with Crippen LogP contribution in [0.25, 0.3) is 0 Å². The average molecular weight is 357 g/mol. The molecule has 0 amide bonds. The lowest BCUT2D eigenvalue weighted by Crippen LogP contribution is -2.45. The molecule has 1 N–H and O–H groups in total. The zero-order chi connectivity index (χ0) is 16.4. The van der Waals surface area contributed by atoms with E-state index in [0.29, 0.717) is 48.8 Å². The van der Waals surface area contributed by atoms with E-state index >= 15 is 0 Å². The Morgan fingerprint density at radius 1 is 1.41 bits per heavy atom. The minimum Gasteiger partial charge on any atom is -0.348 e. The van der Waals surface area contributed by atoms with Gasteiger partial charge in [-0.15, -0.1) is 0 Å². The molecular formula is C12H18F3N3O2S2. The van der Waals surface area contributed by atoms with Crippen LogP contribution in [0.15, 0.2) is 6.20 Å². The van der Waals surface area contributed by atoms with E-state index < -0.39 is 21.1 Å². The smallest absolute Gasteiger partial charge is 0.348 e. The Bertz CT molecular complexity index is 593. The topological polar surface area (TPSA) is 62.3 Å². The van der Waals surface area contributed by atoms with Crippen LogP contribution in [0.1, 0.15) is 31.1 Å². The number of aromatic nitrogens is 1. The second kappa shape index (κ2) is 6.71. The first-order chi connectivity index (χ1) is 10.2. The third-order valence-corrected chi connectivity index (χ3v) is 6.10. The van der Waals surface area contributed by atoms with E-state index in [2.05, 4.69) is 9.71 Å². The first kappa shape index (κ1) is 17.5. The van der Waals surface area contributed by atoms with Crippen LogP contribution in [0, 0.1) is 0 Å². The van der Waals surface area contributed by atoms with Crippen LogP contribution >= 0.6 is 11.3 Å². The van der Waals surface area contributed by atoms with Crippen molar-refractivity contribution < 1.29 is 21.6 Å². The predicted octanol–water partition coefficient (Wildman–Crippen LogP) is 2.46. The molecule has 1 aromatic rings. The van der Waals surface area contributed by atoms with Gasteiger partial charge in [-0.1, -0.05) is 18.3 Å². The predicted molar refractivity (Wildman–Crippen MR) is 79.6 cm³/mol. The van der Waals surface area contributed by atoms with Gasteiger partial charge in [0.2, 0.25) is 10.0 Å². The lowest BCUT2D eigenvalue weighted by molar-refractivity contribution is -0.134. The summed E-state index contributed by atoms with van der Waals surface area (Å²) >= 11 is 0.620. The molecule has 1 fully saturated rings. The molecule has 1 aliphatic heterocycles. The lowest BCUT2D eigenvalue weighted by atomic mass is 10.1. The number of piperidine rings is 1. The molecule has 10 heteroatoms. The molecule has 2 heterocycles. The average Bonchev–Trinajstić information content (AvgIpc) is 2.88. The van der Waals surface area contributed by atoms with Crippen LogP contribution < -0.4 is 9.62 Å². The quantitative estimate of drug-likeness (QED) is 0.879. The first-order valence-corrected chi connectivity index (χ1v) is 9.46. The molecule has 0 atom stereocenters. The van der Waals surface area contributed by atoms with Crippen LogP contribution in [-0.4, -0.2) is 38.3 Å². The molecule has 2 rings (SSSR count). The van der Waals surface area contributed by atoms with Crippen molar-refractivity contribution in [1.82, 2.24) is 9.71 Å². The molecule has 1 aromatic heterocycles. The Morgan fingerprint density at radius 2 is 2.05 bits per heavy atom. The van der Waals surface area contributed by atoms with Gasteiger partial charge in [0.15, 0.2) is 5.13 Å². The van der Waals surface area contributed by atoms with E-state index in [1.165, 1.54) is 0 Å². The number of thiazole rings is 1. The highest BCUT2D eigenvalue weighted by Gasteiger charge is 2.34. The van der Waals surface area contributed by atoms with Gasteiger partial charge in [0.25, 0.3) is 0 Å². The highest BCUT2D eigenvalue weighted by molar-refractivity contribution is 7.89. The van der Waals surface area contributed by atoms with Gasteiger partial charge < -0.3 is 4.90 Å². The number of alkyl halides is 3. The number of anilines is 1. The molecule has 0 radical (unpaired) electrons. The normalized spacial score (nSPS) is 17.9. The van der Waals surface area contributed by atoms with Crippen molar-refractivity contribution >= 4 is 26.5 Å². The molecule has 126 valence electrons. The van der Waals surface area contributed by atoms with Crippen molar-refractivity contribution in [2.75, 3.05) is 23.7 Å². The maximum atomic E-state index is 12.6. The van der Waals surface area contributed by atoms with Crippen molar-refractivity contribution in [3.63, 3.8) is 0 Å². The van der Waals surface area contributed by atoms with Gasteiger partial charge in [0.1, 0.15) is 4.88 Å². The molecule has 22 heavy (non-hydrogen) atoms. The number of nitrogens with one attached hydrogen (secondary N) is 1. The minimum absolute atomic E-state index is 0.0919. The van der Waals surface area contributed by atoms with Crippen LogP contribution in [0.2, 0.25) is 0 Å². The summed E-state index contributed by atoms with van der Waals surface area (Å²) in [5.41, 5.74) is 0. The second-order valence-electron chi connectivity index (χ2n) is 5.20. The summed E-state index contributed by atoms with van der Waals surface area (Å²) in [7, 11) is -3.26. The highest BCUT2D eigenvalue weighted by atomic mass is 32.2. The SMILES string of the molecule is CCCS(=O)(=O)NC1CCN(c2ncc(C(F)(F)F)s2)CC1. The molecule has 1 saturated heterocycles. The van der Waals surface area contributed by atoms with Crippen molar-refractivity contribution in [3.8, 4) is 0 Å². The Balaban J connectivity index is 1.91. The maximum Gasteiger partial charge on any atom is 0.427 e. The molecule has 0 aromatic carbocycles. The van der Waals surface area contributed by atoms with E-state index in [1.54, 1.807) is 11.8 Å². The van der Waals surface area contributed by atoms with Crippen molar-refractivity contribution in [3.05, 3.63) is 11.1 Å². The standard InChI is InChI=1S/C12H18F3N3O2S2/c1-2-7-22(19,20)17-9-3-5-18(6-4-9)11-16-8-10(21-11)12(13,14)15/h8-9,17H,2-7H2,1H3. The molecule has 0 bridgehead atoms. The summed E-state index contributed by atoms with van der Waals surface area (Å²) in [6, 6.07) is -0.158. The minimum atomic E-state index is -4.37. The first-order valence-electron chi connectivity index (χ1n) is 6.99.